The highest BCUT2D eigenvalue weighted by Crippen LogP contribution is 2.70. The van der Waals surface area contributed by atoms with Crippen LogP contribution in [0.3, 0.4) is 0 Å². The number of aliphatic hydroxyl groups is 2. The number of fused-ring (bicyclic) bond motifs is 3. The Kier molecular flexibility index (Phi) is 10.2. The second-order valence-electron chi connectivity index (χ2n) is 17.8. The van der Waals surface area contributed by atoms with Gasteiger partial charge in [-0.2, -0.15) is 9.97 Å². The molecule has 4 heterocycles. The van der Waals surface area contributed by atoms with Crippen molar-refractivity contribution in [1.29, 1.82) is 0 Å². The van der Waals surface area contributed by atoms with Crippen LogP contribution in [0.5, 0.6) is 5.75 Å². The number of carbonyl (C=O) groups is 2. The predicted molar refractivity (Wildman–Crippen MR) is 236 cm³/mol. The minimum absolute atomic E-state index is 0.0112. The van der Waals surface area contributed by atoms with Gasteiger partial charge in [-0.25, -0.2) is 9.97 Å². The van der Waals surface area contributed by atoms with E-state index in [0.717, 1.165) is 35.8 Å². The van der Waals surface area contributed by atoms with E-state index in [4.69, 9.17) is 43.8 Å². The van der Waals surface area contributed by atoms with Gasteiger partial charge in [0.2, 0.25) is 11.9 Å². The predicted octanol–water partition coefficient (Wildman–Crippen LogP) is 5.94. The number of anilines is 4. The standard InChI is InChI=1S/C44H50Cl2N10O6/c1-19-22(18-57)8-10-42(19,2)55-36-32(35(46)52-40(47)53-36)30-16-25-24(12-23(39(60)50-5)15-28(25)62-30)17-44-26(33(44)58)9-11-43(44,3)56-37-31(34(45)51-41(48)54-37)29-13-20-6-7-21(38(59)49-4)14-27(20)61-29/h6-7,12,14-16,19,22,26,29,33,57-58H,8-11,13,17-18H2,1-5H3,(H,49,59)(H,50,60)(H3,47,52,53,55)(H3,48,51,54,56). The van der Waals surface area contributed by atoms with Gasteiger partial charge in [0.25, 0.3) is 11.8 Å². The van der Waals surface area contributed by atoms with Crippen LogP contribution in [0.25, 0.3) is 22.3 Å². The van der Waals surface area contributed by atoms with Crippen LogP contribution < -0.4 is 37.5 Å². The molecule has 326 valence electrons. The molecule has 3 fully saturated rings. The maximum Gasteiger partial charge on any atom is 0.251 e. The van der Waals surface area contributed by atoms with Crippen molar-refractivity contribution in [3.8, 4) is 17.1 Å². The second kappa shape index (κ2) is 15.1. The number of furan rings is 1. The molecule has 10 N–H and O–H groups in total. The largest absolute Gasteiger partial charge is 0.485 e. The summed E-state index contributed by atoms with van der Waals surface area (Å²) < 4.78 is 13.0. The first-order chi connectivity index (χ1) is 29.5. The number of nitrogen functional groups attached to an aromatic ring is 2. The first kappa shape index (κ1) is 41.9. The molecule has 4 aliphatic rings. The van der Waals surface area contributed by atoms with E-state index in [1.54, 1.807) is 32.3 Å². The zero-order valence-electron chi connectivity index (χ0n) is 35.0. The third kappa shape index (κ3) is 6.64. The lowest BCUT2D eigenvalue weighted by Gasteiger charge is -2.38. The number of hydrogen-bond donors (Lipinski definition) is 8. The van der Waals surface area contributed by atoms with Crippen molar-refractivity contribution >= 4 is 69.5 Å². The zero-order valence-corrected chi connectivity index (χ0v) is 36.5. The summed E-state index contributed by atoms with van der Waals surface area (Å²) in [6.07, 6.45) is 2.55. The number of halogens is 2. The summed E-state index contributed by atoms with van der Waals surface area (Å²) in [6, 6.07) is 10.7. The Morgan fingerprint density at radius 1 is 0.903 bits per heavy atom. The van der Waals surface area contributed by atoms with Crippen molar-refractivity contribution in [3.05, 3.63) is 74.5 Å². The Labute approximate surface area is 367 Å². The average Bonchev–Trinajstić information content (AvgIpc) is 3.72. The highest BCUT2D eigenvalue weighted by Gasteiger charge is 2.76. The molecule has 9 rings (SSSR count). The summed E-state index contributed by atoms with van der Waals surface area (Å²) in [4.78, 5) is 43.5. The van der Waals surface area contributed by atoms with Gasteiger partial charge in [-0.3, -0.25) is 9.59 Å². The molecule has 3 saturated carbocycles. The molecule has 8 atom stereocenters. The summed E-state index contributed by atoms with van der Waals surface area (Å²) in [6.45, 7) is 6.34. The number of nitrogens with zero attached hydrogens (tertiary/aromatic N) is 4. The van der Waals surface area contributed by atoms with Crippen LogP contribution in [-0.2, 0) is 12.8 Å². The van der Waals surface area contributed by atoms with Crippen LogP contribution in [0.4, 0.5) is 23.5 Å². The molecule has 0 bridgehead atoms. The monoisotopic (exact) mass is 884 g/mol. The molecule has 2 amide bonds. The lowest BCUT2D eigenvalue weighted by atomic mass is 9.77. The number of ether oxygens (including phenoxy) is 1. The number of hydrogen-bond acceptors (Lipinski definition) is 14. The van der Waals surface area contributed by atoms with Crippen molar-refractivity contribution in [1.82, 2.24) is 30.6 Å². The Morgan fingerprint density at radius 2 is 1.61 bits per heavy atom. The zero-order chi connectivity index (χ0) is 44.0. The van der Waals surface area contributed by atoms with Crippen molar-refractivity contribution in [2.45, 2.75) is 82.6 Å². The number of aliphatic hydroxyl groups excluding tert-OH is 2. The van der Waals surface area contributed by atoms with Gasteiger partial charge in [-0.15, -0.1) is 0 Å². The van der Waals surface area contributed by atoms with Gasteiger partial charge in [0.05, 0.1) is 17.2 Å². The number of carbonyl (C=O) groups excluding carboxylic acids is 2. The molecule has 2 aromatic carbocycles. The van der Waals surface area contributed by atoms with Gasteiger partial charge in [-0.1, -0.05) is 36.2 Å². The van der Waals surface area contributed by atoms with E-state index in [1.165, 1.54) is 0 Å². The average molecular weight is 886 g/mol. The van der Waals surface area contributed by atoms with Crippen molar-refractivity contribution in [3.63, 3.8) is 0 Å². The molecular formula is C44H50Cl2N10O6. The van der Waals surface area contributed by atoms with E-state index >= 15 is 0 Å². The minimum Gasteiger partial charge on any atom is -0.485 e. The second-order valence-corrected chi connectivity index (χ2v) is 18.5. The van der Waals surface area contributed by atoms with Crippen molar-refractivity contribution in [2.24, 2.45) is 23.2 Å². The van der Waals surface area contributed by atoms with E-state index in [-0.39, 0.29) is 58.4 Å². The Balaban J connectivity index is 1.09. The van der Waals surface area contributed by atoms with E-state index in [2.05, 4.69) is 62.0 Å². The molecule has 5 aromatic rings. The molecule has 1 aliphatic heterocycles. The molecule has 18 heteroatoms. The van der Waals surface area contributed by atoms with E-state index in [9.17, 15) is 19.8 Å². The Hall–Kier alpha value is -5.42. The third-order valence-corrected chi connectivity index (χ3v) is 15.1. The molecule has 0 saturated heterocycles. The van der Waals surface area contributed by atoms with Gasteiger partial charge in [-0.05, 0) is 105 Å². The Bertz CT molecular complexity index is 2660. The van der Waals surface area contributed by atoms with Crippen molar-refractivity contribution in [2.75, 3.05) is 42.8 Å². The summed E-state index contributed by atoms with van der Waals surface area (Å²) in [7, 11) is 3.14. The van der Waals surface area contributed by atoms with Gasteiger partial charge in [0, 0.05) is 60.1 Å². The summed E-state index contributed by atoms with van der Waals surface area (Å²) in [5.41, 5.74) is 14.3. The number of nitrogens with one attached hydrogen (secondary N) is 4. The summed E-state index contributed by atoms with van der Waals surface area (Å²) in [5.74, 6) is 1.27. The van der Waals surface area contributed by atoms with E-state index in [1.807, 2.05) is 18.2 Å². The fourth-order valence-electron chi connectivity index (χ4n) is 10.7. The van der Waals surface area contributed by atoms with Crippen LogP contribution in [0.15, 0.2) is 40.8 Å². The smallest absolute Gasteiger partial charge is 0.251 e. The third-order valence-electron chi connectivity index (χ3n) is 14.5. The van der Waals surface area contributed by atoms with Gasteiger partial charge in [0.1, 0.15) is 45.1 Å². The first-order valence-corrected chi connectivity index (χ1v) is 21.6. The summed E-state index contributed by atoms with van der Waals surface area (Å²) >= 11 is 13.7. The van der Waals surface area contributed by atoms with Crippen LogP contribution in [0.2, 0.25) is 10.3 Å². The normalized spacial score (nSPS) is 28.3. The molecule has 3 aromatic heterocycles. The number of rotatable bonds is 11. The van der Waals surface area contributed by atoms with Crippen molar-refractivity contribution < 1.29 is 29.0 Å². The van der Waals surface area contributed by atoms with E-state index in [0.29, 0.717) is 70.2 Å². The highest BCUT2D eigenvalue weighted by molar-refractivity contribution is 6.32. The van der Waals surface area contributed by atoms with Crippen LogP contribution >= 0.6 is 23.2 Å². The SMILES string of the molecule is CNC(=O)c1ccc2c(c1)OC(c1c(Cl)nc(N)nc1NC1(C)CCC3C(O)C31Cc1cc(C(=O)NC)cc3oc(-c4c(Cl)nc(N)nc4NC4(C)CCC(CO)C4C)cc13)C2. The van der Waals surface area contributed by atoms with Crippen LogP contribution in [-0.4, -0.2) is 79.8 Å². The quantitative estimate of drug-likeness (QED) is 0.0716. The molecule has 8 unspecified atom stereocenters. The Morgan fingerprint density at radius 3 is 2.31 bits per heavy atom. The molecule has 3 aliphatic carbocycles. The fraction of sp³-hybridized carbons (Fsp3) is 0.455. The van der Waals surface area contributed by atoms with E-state index < -0.39 is 28.7 Å². The molecule has 0 radical (unpaired) electrons. The van der Waals surface area contributed by atoms with Gasteiger partial charge >= 0.3 is 0 Å². The number of nitrogens with two attached hydrogens (primary N) is 2. The van der Waals surface area contributed by atoms with Gasteiger partial charge in [0.15, 0.2) is 0 Å². The van der Waals surface area contributed by atoms with Crippen LogP contribution in [0.1, 0.15) is 90.0 Å². The maximum atomic E-state index is 13.3. The lowest BCUT2D eigenvalue weighted by molar-refractivity contribution is 0.0954. The number of aromatic nitrogens is 4. The lowest BCUT2D eigenvalue weighted by Crippen LogP contribution is -2.46. The molecular weight excluding hydrogens is 835 g/mol. The molecule has 0 spiro atoms. The minimum atomic E-state index is -0.763. The topological polar surface area (TPSA) is 249 Å². The first-order valence-electron chi connectivity index (χ1n) is 20.8. The number of amides is 2. The number of benzene rings is 2. The molecule has 62 heavy (non-hydrogen) atoms. The van der Waals surface area contributed by atoms with Gasteiger partial charge < -0.3 is 52.1 Å². The molecule has 16 nitrogen and oxygen atoms in total. The summed E-state index contributed by atoms with van der Waals surface area (Å²) in [5, 5.41) is 35.5. The fourth-order valence-corrected chi connectivity index (χ4v) is 11.3. The van der Waals surface area contributed by atoms with Crippen LogP contribution in [0, 0.1) is 23.2 Å². The highest BCUT2D eigenvalue weighted by atomic mass is 35.5. The maximum absolute atomic E-state index is 13.3.